The zero-order chi connectivity index (χ0) is 17.8. The summed E-state index contributed by atoms with van der Waals surface area (Å²) < 4.78 is 0. The Morgan fingerprint density at radius 1 is 1.12 bits per heavy atom. The van der Waals surface area contributed by atoms with Crippen molar-refractivity contribution in [3.05, 3.63) is 67.8 Å². The van der Waals surface area contributed by atoms with E-state index in [2.05, 4.69) is 20.3 Å². The molecule has 7 nitrogen and oxygen atoms in total. The second kappa shape index (κ2) is 5.27. The number of Topliss-reactive ketones (excluding diaryl/α,β-unsaturated/α-hetero) is 1. The van der Waals surface area contributed by atoms with E-state index in [1.54, 1.807) is 18.3 Å². The number of hydrogen-bond acceptors (Lipinski definition) is 5. The van der Waals surface area contributed by atoms with Crippen LogP contribution in [0.25, 0.3) is 0 Å². The molecule has 128 valence electrons. The third-order valence-corrected chi connectivity index (χ3v) is 4.74. The summed E-state index contributed by atoms with van der Waals surface area (Å²) in [7, 11) is 0. The van der Waals surface area contributed by atoms with Crippen LogP contribution in [0, 0.1) is 5.41 Å². The fraction of sp³-hybridized carbons (Fsp3) is 0.333. The van der Waals surface area contributed by atoms with Crippen LogP contribution in [0.1, 0.15) is 43.9 Å². The molecule has 25 heavy (non-hydrogen) atoms. The highest BCUT2D eigenvalue weighted by molar-refractivity contribution is 6.01. The number of nitrogens with one attached hydrogen (secondary N) is 3. The lowest BCUT2D eigenvalue weighted by molar-refractivity contribution is -0.118. The number of allylic oxidation sites excluding steroid dienone is 2. The first-order valence-corrected chi connectivity index (χ1v) is 8.16. The predicted molar refractivity (Wildman–Crippen MR) is 92.4 cm³/mol. The van der Waals surface area contributed by atoms with Gasteiger partial charge in [0.2, 0.25) is 0 Å². The zero-order valence-corrected chi connectivity index (χ0v) is 14.0. The van der Waals surface area contributed by atoms with Gasteiger partial charge in [0.05, 0.1) is 17.2 Å². The Bertz CT molecular complexity index is 1010. The molecular weight excluding hydrogens is 320 g/mol. The fourth-order valence-electron chi connectivity index (χ4n) is 3.79. The number of anilines is 1. The molecule has 3 N–H and O–H groups in total. The molecule has 0 saturated carbocycles. The minimum atomic E-state index is -0.586. The largest absolute Gasteiger partial charge is 0.344 e. The number of pyridine rings is 1. The average molecular weight is 338 g/mol. The molecule has 1 aliphatic heterocycles. The lowest BCUT2D eigenvalue weighted by Crippen LogP contribution is -2.39. The van der Waals surface area contributed by atoms with Crippen LogP contribution in [0.15, 0.2) is 45.3 Å². The van der Waals surface area contributed by atoms with E-state index in [4.69, 9.17) is 0 Å². The van der Waals surface area contributed by atoms with E-state index in [0.29, 0.717) is 35.5 Å². The van der Waals surface area contributed by atoms with E-state index in [1.165, 1.54) is 0 Å². The molecule has 0 unspecified atom stereocenters. The normalized spacial score (nSPS) is 21.4. The summed E-state index contributed by atoms with van der Waals surface area (Å²) >= 11 is 0. The molecule has 3 heterocycles. The van der Waals surface area contributed by atoms with Crippen molar-refractivity contribution < 1.29 is 4.79 Å². The Hall–Kier alpha value is -2.96. The minimum Gasteiger partial charge on any atom is -0.344 e. The summed E-state index contributed by atoms with van der Waals surface area (Å²) in [5.41, 5.74) is 0.992. The van der Waals surface area contributed by atoms with Crippen molar-refractivity contribution in [3.8, 4) is 0 Å². The summed E-state index contributed by atoms with van der Waals surface area (Å²) in [4.78, 5) is 46.4. The molecule has 0 radical (unpaired) electrons. The molecule has 0 amide bonds. The van der Waals surface area contributed by atoms with Crippen LogP contribution in [0.3, 0.4) is 0 Å². The molecule has 0 fully saturated rings. The van der Waals surface area contributed by atoms with Crippen molar-refractivity contribution in [3.63, 3.8) is 0 Å². The highest BCUT2D eigenvalue weighted by atomic mass is 16.2. The lowest BCUT2D eigenvalue weighted by atomic mass is 9.70. The third kappa shape index (κ3) is 2.52. The molecule has 0 aromatic carbocycles. The molecule has 2 aliphatic rings. The molecule has 1 atom stereocenters. The first-order chi connectivity index (χ1) is 11.9. The van der Waals surface area contributed by atoms with Gasteiger partial charge in [0, 0.05) is 23.9 Å². The van der Waals surface area contributed by atoms with Crippen LogP contribution in [0.2, 0.25) is 0 Å². The van der Waals surface area contributed by atoms with Crippen LogP contribution in [0.5, 0.6) is 0 Å². The number of ketones is 1. The van der Waals surface area contributed by atoms with E-state index < -0.39 is 17.2 Å². The van der Waals surface area contributed by atoms with Gasteiger partial charge in [0.1, 0.15) is 5.82 Å². The second-order valence-corrected chi connectivity index (χ2v) is 7.34. The van der Waals surface area contributed by atoms with Gasteiger partial charge in [-0.25, -0.2) is 4.79 Å². The van der Waals surface area contributed by atoms with Gasteiger partial charge < -0.3 is 5.32 Å². The molecule has 4 rings (SSSR count). The quantitative estimate of drug-likeness (QED) is 0.733. The number of nitrogens with zero attached hydrogens (tertiary/aromatic N) is 1. The van der Waals surface area contributed by atoms with Crippen LogP contribution in [-0.2, 0) is 4.79 Å². The van der Waals surface area contributed by atoms with Gasteiger partial charge in [-0.05, 0) is 24.0 Å². The van der Waals surface area contributed by atoms with Crippen molar-refractivity contribution in [1.82, 2.24) is 15.0 Å². The topological polar surface area (TPSA) is 108 Å². The number of carbonyl (C=O) groups is 1. The summed E-state index contributed by atoms with van der Waals surface area (Å²) in [6.45, 7) is 4.06. The van der Waals surface area contributed by atoms with Crippen LogP contribution < -0.4 is 16.6 Å². The number of aromatic nitrogens is 3. The maximum Gasteiger partial charge on any atom is 0.327 e. The summed E-state index contributed by atoms with van der Waals surface area (Å²) in [5, 5.41) is 3.12. The summed E-state index contributed by atoms with van der Waals surface area (Å²) in [6, 6.07) is 5.40. The molecule has 2 aromatic rings. The van der Waals surface area contributed by atoms with Gasteiger partial charge in [-0.3, -0.25) is 24.5 Å². The molecule has 1 aliphatic carbocycles. The Labute approximate surface area is 143 Å². The number of aromatic amines is 2. The number of H-pyrrole nitrogens is 2. The number of carbonyl (C=O) groups excluding carboxylic acids is 1. The summed E-state index contributed by atoms with van der Waals surface area (Å²) in [6.07, 6.45) is 2.70. The fourth-order valence-corrected chi connectivity index (χ4v) is 3.79. The maximum absolute atomic E-state index is 12.9. The third-order valence-electron chi connectivity index (χ3n) is 4.74. The van der Waals surface area contributed by atoms with Crippen LogP contribution in [0.4, 0.5) is 5.82 Å². The van der Waals surface area contributed by atoms with Gasteiger partial charge in [-0.1, -0.05) is 19.9 Å². The maximum atomic E-state index is 12.9. The van der Waals surface area contributed by atoms with Crippen LogP contribution in [-0.4, -0.2) is 20.7 Å². The highest BCUT2D eigenvalue weighted by Crippen LogP contribution is 2.46. The van der Waals surface area contributed by atoms with Gasteiger partial charge in [-0.15, -0.1) is 0 Å². The Morgan fingerprint density at radius 3 is 2.64 bits per heavy atom. The van der Waals surface area contributed by atoms with E-state index in [0.717, 1.165) is 5.70 Å². The van der Waals surface area contributed by atoms with Crippen molar-refractivity contribution in [2.75, 3.05) is 5.32 Å². The average Bonchev–Trinajstić information content (AvgIpc) is 2.52. The van der Waals surface area contributed by atoms with Gasteiger partial charge in [0.15, 0.2) is 5.78 Å². The molecule has 7 heteroatoms. The van der Waals surface area contributed by atoms with Crippen LogP contribution >= 0.6 is 0 Å². The Balaban J connectivity index is 2.01. The smallest absolute Gasteiger partial charge is 0.327 e. The number of hydrogen-bond donors (Lipinski definition) is 3. The first kappa shape index (κ1) is 15.6. The van der Waals surface area contributed by atoms with Crippen molar-refractivity contribution in [2.45, 2.75) is 32.6 Å². The van der Waals surface area contributed by atoms with E-state index in [1.807, 2.05) is 19.9 Å². The molecule has 0 spiro atoms. The first-order valence-electron chi connectivity index (χ1n) is 8.16. The minimum absolute atomic E-state index is 0.00523. The zero-order valence-electron chi connectivity index (χ0n) is 14.0. The van der Waals surface area contributed by atoms with Crippen molar-refractivity contribution in [2.24, 2.45) is 5.41 Å². The Morgan fingerprint density at radius 2 is 1.92 bits per heavy atom. The number of fused-ring (bicyclic) bond motifs is 1. The standard InChI is InChI=1S/C18H18N4O3/c1-18(2)7-10-12(11(23)8-18)13(9-5-3-4-6-19-9)14-15(20-10)21-17(25)22-16(14)24/h3-6,13H,7-8H2,1-2H3,(H3,20,21,22,24,25)/t13-/m1/s1. The van der Waals surface area contributed by atoms with Crippen molar-refractivity contribution in [1.29, 1.82) is 0 Å². The molecule has 0 saturated heterocycles. The van der Waals surface area contributed by atoms with Gasteiger partial charge >= 0.3 is 5.69 Å². The van der Waals surface area contributed by atoms with E-state index >= 15 is 0 Å². The number of rotatable bonds is 1. The molecule has 2 aromatic heterocycles. The second-order valence-electron chi connectivity index (χ2n) is 7.34. The van der Waals surface area contributed by atoms with E-state index in [-0.39, 0.29) is 11.2 Å². The highest BCUT2D eigenvalue weighted by Gasteiger charge is 2.42. The lowest BCUT2D eigenvalue weighted by Gasteiger charge is -2.38. The van der Waals surface area contributed by atoms with Crippen molar-refractivity contribution >= 4 is 11.6 Å². The molecule has 0 bridgehead atoms. The van der Waals surface area contributed by atoms with E-state index in [9.17, 15) is 14.4 Å². The van der Waals surface area contributed by atoms with Gasteiger partial charge in [0.25, 0.3) is 5.56 Å². The SMILES string of the molecule is CC1(C)CC(=O)C2=C(C1)Nc1[nH]c(=O)[nH]c(=O)c1[C@@H]2c1ccccn1. The monoisotopic (exact) mass is 338 g/mol. The summed E-state index contributed by atoms with van der Waals surface area (Å²) in [5.74, 6) is -0.240. The molecular formula is C18H18N4O3. The van der Waals surface area contributed by atoms with Gasteiger partial charge in [-0.2, -0.15) is 0 Å². The Kier molecular flexibility index (Phi) is 3.28. The predicted octanol–water partition coefficient (Wildman–Crippen LogP) is 1.66.